The van der Waals surface area contributed by atoms with Gasteiger partial charge >= 0.3 is 5.97 Å². The van der Waals surface area contributed by atoms with Crippen LogP contribution in [-0.2, 0) is 20.8 Å². The van der Waals surface area contributed by atoms with E-state index in [1.54, 1.807) is 6.20 Å². The van der Waals surface area contributed by atoms with Crippen LogP contribution in [0.3, 0.4) is 0 Å². The Balaban J connectivity index is 2.00. The second kappa shape index (κ2) is 11.0. The second-order valence-corrected chi connectivity index (χ2v) is 6.84. The Labute approximate surface area is 167 Å². The van der Waals surface area contributed by atoms with Crippen molar-refractivity contribution in [2.24, 2.45) is 16.5 Å². The number of carbonyl (C=O) groups is 3. The summed E-state index contributed by atoms with van der Waals surface area (Å²) < 4.78 is 0. The predicted molar refractivity (Wildman–Crippen MR) is 105 cm³/mol. The van der Waals surface area contributed by atoms with Gasteiger partial charge in [-0.2, -0.15) is 0 Å². The van der Waals surface area contributed by atoms with Crippen molar-refractivity contribution in [3.8, 4) is 0 Å². The number of hydrogen-bond donors (Lipinski definition) is 7. The quantitative estimate of drug-likeness (QED) is 0.121. The summed E-state index contributed by atoms with van der Waals surface area (Å²) in [5, 5.41) is 17.7. The number of hydrogen-bond acceptors (Lipinski definition) is 6. The van der Waals surface area contributed by atoms with Crippen LogP contribution in [0.25, 0.3) is 0 Å². The van der Waals surface area contributed by atoms with E-state index >= 15 is 0 Å². The van der Waals surface area contributed by atoms with Gasteiger partial charge in [-0.3, -0.25) is 14.6 Å². The number of aliphatic imine (C=N–C) groups is 1. The van der Waals surface area contributed by atoms with Crippen molar-refractivity contribution in [1.82, 2.24) is 25.9 Å². The number of imidazole rings is 1. The van der Waals surface area contributed by atoms with Gasteiger partial charge in [-0.05, 0) is 32.2 Å². The highest BCUT2D eigenvalue weighted by molar-refractivity contribution is 5.92. The molecule has 1 aliphatic rings. The average molecular weight is 408 g/mol. The van der Waals surface area contributed by atoms with Crippen LogP contribution < -0.4 is 27.4 Å². The van der Waals surface area contributed by atoms with Crippen molar-refractivity contribution in [3.05, 3.63) is 18.2 Å². The molecule has 9 N–H and O–H groups in total. The van der Waals surface area contributed by atoms with Gasteiger partial charge in [-0.1, -0.05) is 0 Å². The molecule has 12 nitrogen and oxygen atoms in total. The summed E-state index contributed by atoms with van der Waals surface area (Å²) in [7, 11) is 0. The normalized spacial score (nSPS) is 17.9. The Kier molecular flexibility index (Phi) is 8.40. The molecular formula is C17H28N8O4. The van der Waals surface area contributed by atoms with Crippen molar-refractivity contribution in [1.29, 1.82) is 0 Å². The zero-order valence-corrected chi connectivity index (χ0v) is 16.1. The lowest BCUT2D eigenvalue weighted by atomic mass is 10.1. The molecule has 1 aliphatic heterocycles. The minimum atomic E-state index is -1.17. The highest BCUT2D eigenvalue weighted by atomic mass is 16.4. The van der Waals surface area contributed by atoms with Gasteiger partial charge in [0.15, 0.2) is 5.96 Å². The van der Waals surface area contributed by atoms with E-state index in [9.17, 15) is 19.5 Å². The van der Waals surface area contributed by atoms with E-state index in [2.05, 4.69) is 30.9 Å². The molecule has 12 heteroatoms. The lowest BCUT2D eigenvalue weighted by Crippen LogP contribution is -2.55. The molecule has 0 unspecified atom stereocenters. The van der Waals surface area contributed by atoms with Crippen LogP contribution in [0.4, 0.5) is 0 Å². The summed E-state index contributed by atoms with van der Waals surface area (Å²) >= 11 is 0. The third kappa shape index (κ3) is 7.41. The van der Waals surface area contributed by atoms with Crippen molar-refractivity contribution in [2.75, 3.05) is 13.1 Å². The van der Waals surface area contributed by atoms with Crippen LogP contribution in [0, 0.1) is 0 Å². The molecule has 160 valence electrons. The van der Waals surface area contributed by atoms with Crippen LogP contribution >= 0.6 is 0 Å². The molecule has 0 spiro atoms. The molecule has 3 atom stereocenters. The molecule has 2 heterocycles. The SMILES string of the molecule is NC(N)=NCCC[C@H](NC(=O)[C@H](Cc1cnc[nH]1)NC(=O)[C@@H]1CCCN1)C(=O)O. The molecule has 2 amide bonds. The summed E-state index contributed by atoms with van der Waals surface area (Å²) in [5.74, 6) is -2.13. The summed E-state index contributed by atoms with van der Waals surface area (Å²) in [6.07, 6.45) is 5.26. The molecule has 0 aliphatic carbocycles. The van der Waals surface area contributed by atoms with Gasteiger partial charge in [0, 0.05) is 24.9 Å². The standard InChI is InChI=1S/C17H28N8O4/c18-17(19)22-6-2-4-12(16(28)29)24-15(27)13(7-10-8-20-9-23-10)25-14(26)11-3-1-5-21-11/h8-9,11-13,21H,1-7H2,(H,20,23)(H,24,27)(H,25,26)(H,28,29)(H4,18,19,22)/t11-,12-,13-/m0/s1. The van der Waals surface area contributed by atoms with Gasteiger partial charge in [0.05, 0.1) is 12.4 Å². The molecule has 1 aromatic rings. The first-order valence-corrected chi connectivity index (χ1v) is 9.46. The molecule has 1 aromatic heterocycles. The second-order valence-electron chi connectivity index (χ2n) is 6.84. The Morgan fingerprint density at radius 2 is 2.10 bits per heavy atom. The third-order valence-corrected chi connectivity index (χ3v) is 4.55. The summed E-state index contributed by atoms with van der Waals surface area (Å²) in [6.45, 7) is 0.996. The maximum absolute atomic E-state index is 12.8. The molecule has 0 bridgehead atoms. The van der Waals surface area contributed by atoms with Crippen molar-refractivity contribution < 1.29 is 19.5 Å². The molecule has 29 heavy (non-hydrogen) atoms. The number of aromatic nitrogens is 2. The van der Waals surface area contributed by atoms with E-state index in [0.29, 0.717) is 18.5 Å². The van der Waals surface area contributed by atoms with Crippen molar-refractivity contribution >= 4 is 23.7 Å². The zero-order chi connectivity index (χ0) is 21.2. The van der Waals surface area contributed by atoms with Gasteiger partial charge in [0.2, 0.25) is 11.8 Å². The first-order valence-electron chi connectivity index (χ1n) is 9.46. The lowest BCUT2D eigenvalue weighted by molar-refractivity contribution is -0.142. The minimum Gasteiger partial charge on any atom is -0.480 e. The maximum atomic E-state index is 12.8. The number of aromatic amines is 1. The number of nitrogens with one attached hydrogen (secondary N) is 4. The number of aliphatic carboxylic acids is 1. The highest BCUT2D eigenvalue weighted by Crippen LogP contribution is 2.07. The van der Waals surface area contributed by atoms with Crippen molar-refractivity contribution in [2.45, 2.75) is 50.2 Å². The molecular weight excluding hydrogens is 380 g/mol. The number of H-pyrrole nitrogens is 1. The van der Waals surface area contributed by atoms with Gasteiger partial charge in [0.1, 0.15) is 12.1 Å². The third-order valence-electron chi connectivity index (χ3n) is 4.55. The van der Waals surface area contributed by atoms with E-state index in [0.717, 1.165) is 13.0 Å². The van der Waals surface area contributed by atoms with Crippen LogP contribution in [0.5, 0.6) is 0 Å². The Bertz CT molecular complexity index is 711. The van der Waals surface area contributed by atoms with Gasteiger partial charge in [-0.15, -0.1) is 0 Å². The van der Waals surface area contributed by atoms with E-state index in [-0.39, 0.29) is 37.3 Å². The monoisotopic (exact) mass is 408 g/mol. The zero-order valence-electron chi connectivity index (χ0n) is 16.1. The molecule has 0 radical (unpaired) electrons. The number of nitrogens with two attached hydrogens (primary N) is 2. The number of carboxylic acids is 1. The van der Waals surface area contributed by atoms with Crippen LogP contribution in [0.15, 0.2) is 17.5 Å². The molecule has 1 saturated heterocycles. The lowest BCUT2D eigenvalue weighted by Gasteiger charge is -2.22. The maximum Gasteiger partial charge on any atom is 0.326 e. The fourth-order valence-electron chi connectivity index (χ4n) is 3.04. The fourth-order valence-corrected chi connectivity index (χ4v) is 3.04. The molecule has 0 saturated carbocycles. The largest absolute Gasteiger partial charge is 0.480 e. The predicted octanol–water partition coefficient (Wildman–Crippen LogP) is -2.19. The Morgan fingerprint density at radius 3 is 2.69 bits per heavy atom. The van der Waals surface area contributed by atoms with E-state index in [1.807, 2.05) is 0 Å². The van der Waals surface area contributed by atoms with E-state index in [1.165, 1.54) is 6.33 Å². The number of carbonyl (C=O) groups excluding carboxylic acids is 2. The van der Waals surface area contributed by atoms with Crippen LogP contribution in [0.2, 0.25) is 0 Å². The molecule has 2 rings (SSSR count). The number of nitrogens with zero attached hydrogens (tertiary/aromatic N) is 2. The Hall–Kier alpha value is -3.15. The summed E-state index contributed by atoms with van der Waals surface area (Å²) in [5.41, 5.74) is 11.1. The summed E-state index contributed by atoms with van der Waals surface area (Å²) in [6, 6.07) is -2.42. The fraction of sp³-hybridized carbons (Fsp3) is 0.588. The first kappa shape index (κ1) is 22.1. The minimum absolute atomic E-state index is 0.0798. The molecule has 1 fully saturated rings. The van der Waals surface area contributed by atoms with Crippen LogP contribution in [-0.4, -0.2) is 70.0 Å². The van der Waals surface area contributed by atoms with E-state index < -0.39 is 24.0 Å². The topological polar surface area (TPSA) is 201 Å². The number of guanidine groups is 1. The average Bonchev–Trinajstić information content (AvgIpc) is 3.36. The van der Waals surface area contributed by atoms with E-state index in [4.69, 9.17) is 11.5 Å². The first-order chi connectivity index (χ1) is 13.9. The van der Waals surface area contributed by atoms with Crippen LogP contribution in [0.1, 0.15) is 31.4 Å². The number of rotatable bonds is 11. The Morgan fingerprint density at radius 1 is 1.31 bits per heavy atom. The highest BCUT2D eigenvalue weighted by Gasteiger charge is 2.30. The van der Waals surface area contributed by atoms with Gasteiger partial charge in [-0.25, -0.2) is 9.78 Å². The number of carboxylic acid groups (broad SMARTS) is 1. The van der Waals surface area contributed by atoms with Crippen molar-refractivity contribution in [3.63, 3.8) is 0 Å². The summed E-state index contributed by atoms with van der Waals surface area (Å²) in [4.78, 5) is 47.3. The smallest absolute Gasteiger partial charge is 0.326 e. The van der Waals surface area contributed by atoms with Gasteiger partial charge < -0.3 is 37.5 Å². The van der Waals surface area contributed by atoms with Gasteiger partial charge in [0.25, 0.3) is 0 Å². The molecule has 0 aromatic carbocycles. The number of amides is 2.